The number of rotatable bonds is 4. The Balaban J connectivity index is 1.53. The average molecular weight is 379 g/mol. The number of methoxy groups -OCH3 is 1. The molecule has 2 heterocycles. The van der Waals surface area contributed by atoms with Gasteiger partial charge in [-0.05, 0) is 60.5 Å². The molecule has 1 N–H and O–H groups in total. The van der Waals surface area contributed by atoms with E-state index in [2.05, 4.69) is 10.3 Å². The molecule has 0 aliphatic carbocycles. The van der Waals surface area contributed by atoms with Crippen molar-refractivity contribution in [1.82, 2.24) is 4.98 Å². The van der Waals surface area contributed by atoms with Gasteiger partial charge in [-0.25, -0.2) is 14.2 Å². The Labute approximate surface area is 161 Å². The van der Waals surface area contributed by atoms with E-state index in [0.717, 1.165) is 5.56 Å². The van der Waals surface area contributed by atoms with Crippen LogP contribution in [0.15, 0.2) is 60.8 Å². The standard InChI is InChI=1S/C21H18FN3O3/c1-27-16-6-8-17(9-7-16)28-20-18(3-2-11-23-20)24-21(26)25-12-10-14-4-5-15(22)13-19(14)25/h2-9,11,13H,10,12H2,1H3,(H,24,26). The van der Waals surface area contributed by atoms with Gasteiger partial charge in [0.15, 0.2) is 0 Å². The van der Waals surface area contributed by atoms with E-state index in [4.69, 9.17) is 9.47 Å². The molecule has 0 atom stereocenters. The largest absolute Gasteiger partial charge is 0.497 e. The Morgan fingerprint density at radius 1 is 1.14 bits per heavy atom. The summed E-state index contributed by atoms with van der Waals surface area (Å²) in [5, 5.41) is 2.81. The summed E-state index contributed by atoms with van der Waals surface area (Å²) in [6, 6.07) is 14.6. The molecular formula is C21H18FN3O3. The summed E-state index contributed by atoms with van der Waals surface area (Å²) in [6.45, 7) is 0.486. The number of aromatic nitrogens is 1. The first-order valence-corrected chi connectivity index (χ1v) is 8.78. The number of carbonyl (C=O) groups is 1. The first kappa shape index (κ1) is 17.8. The number of ether oxygens (including phenoxy) is 2. The highest BCUT2D eigenvalue weighted by Gasteiger charge is 2.26. The van der Waals surface area contributed by atoms with Crippen LogP contribution >= 0.6 is 0 Å². The minimum atomic E-state index is -0.372. The number of carbonyl (C=O) groups excluding carboxylic acids is 1. The van der Waals surface area contributed by atoms with Crippen LogP contribution in [-0.2, 0) is 6.42 Å². The number of pyridine rings is 1. The van der Waals surface area contributed by atoms with Gasteiger partial charge in [0, 0.05) is 12.7 Å². The number of benzene rings is 2. The van der Waals surface area contributed by atoms with Gasteiger partial charge in [0.05, 0.1) is 12.8 Å². The first-order valence-electron chi connectivity index (χ1n) is 8.78. The molecule has 0 spiro atoms. The van der Waals surface area contributed by atoms with Crippen LogP contribution in [-0.4, -0.2) is 24.7 Å². The molecule has 3 aromatic rings. The van der Waals surface area contributed by atoms with Crippen molar-refractivity contribution in [3.63, 3.8) is 0 Å². The van der Waals surface area contributed by atoms with E-state index in [1.807, 2.05) is 0 Å². The fraction of sp³-hybridized carbons (Fsp3) is 0.143. The normalized spacial score (nSPS) is 12.4. The van der Waals surface area contributed by atoms with E-state index < -0.39 is 0 Å². The van der Waals surface area contributed by atoms with Crippen LogP contribution in [0.5, 0.6) is 17.4 Å². The van der Waals surface area contributed by atoms with Gasteiger partial charge in [0.2, 0.25) is 5.88 Å². The number of anilines is 2. The summed E-state index contributed by atoms with van der Waals surface area (Å²) in [5.74, 6) is 1.16. The number of halogens is 1. The van der Waals surface area contributed by atoms with Gasteiger partial charge in [0.1, 0.15) is 23.0 Å². The predicted octanol–water partition coefficient (Wildman–Crippen LogP) is 4.62. The van der Waals surface area contributed by atoms with Crippen molar-refractivity contribution in [2.75, 3.05) is 23.9 Å². The molecule has 6 nitrogen and oxygen atoms in total. The minimum Gasteiger partial charge on any atom is -0.497 e. The van der Waals surface area contributed by atoms with Crippen LogP contribution < -0.4 is 19.7 Å². The topological polar surface area (TPSA) is 63.7 Å². The number of amides is 2. The monoisotopic (exact) mass is 379 g/mol. The van der Waals surface area contributed by atoms with Gasteiger partial charge in [-0.15, -0.1) is 0 Å². The van der Waals surface area contributed by atoms with Gasteiger partial charge in [-0.2, -0.15) is 0 Å². The molecule has 0 fully saturated rings. The Morgan fingerprint density at radius 3 is 2.71 bits per heavy atom. The van der Waals surface area contributed by atoms with Gasteiger partial charge in [-0.3, -0.25) is 4.90 Å². The van der Waals surface area contributed by atoms with Gasteiger partial charge in [-0.1, -0.05) is 6.07 Å². The van der Waals surface area contributed by atoms with Gasteiger partial charge < -0.3 is 14.8 Å². The predicted molar refractivity (Wildman–Crippen MR) is 104 cm³/mol. The van der Waals surface area contributed by atoms with E-state index in [1.54, 1.807) is 55.8 Å². The highest BCUT2D eigenvalue weighted by molar-refractivity contribution is 6.03. The number of fused-ring (bicyclic) bond motifs is 1. The highest BCUT2D eigenvalue weighted by Crippen LogP contribution is 2.31. The smallest absolute Gasteiger partial charge is 0.326 e. The maximum atomic E-state index is 13.6. The second kappa shape index (κ2) is 7.56. The van der Waals surface area contributed by atoms with Crippen LogP contribution in [0.3, 0.4) is 0 Å². The molecule has 2 aromatic carbocycles. The molecule has 0 saturated heterocycles. The molecule has 1 aliphatic heterocycles. The lowest BCUT2D eigenvalue weighted by Crippen LogP contribution is -2.33. The Kier molecular flexibility index (Phi) is 4.80. The molecule has 28 heavy (non-hydrogen) atoms. The minimum absolute atomic E-state index is 0.264. The Hall–Kier alpha value is -3.61. The maximum Gasteiger partial charge on any atom is 0.326 e. The van der Waals surface area contributed by atoms with E-state index >= 15 is 0 Å². The summed E-state index contributed by atoms with van der Waals surface area (Å²) in [4.78, 5) is 18.5. The molecule has 0 unspecified atom stereocenters. The van der Waals surface area contributed by atoms with E-state index in [1.165, 1.54) is 17.0 Å². The van der Waals surface area contributed by atoms with E-state index in [-0.39, 0.29) is 17.7 Å². The van der Waals surface area contributed by atoms with E-state index in [0.29, 0.717) is 35.8 Å². The molecule has 4 rings (SSSR count). The maximum absolute atomic E-state index is 13.6. The van der Waals surface area contributed by atoms with Crippen molar-refractivity contribution >= 4 is 17.4 Å². The lowest BCUT2D eigenvalue weighted by atomic mass is 10.2. The molecule has 7 heteroatoms. The van der Waals surface area contributed by atoms with Crippen molar-refractivity contribution in [2.45, 2.75) is 6.42 Å². The number of hydrogen-bond donors (Lipinski definition) is 1. The van der Waals surface area contributed by atoms with Crippen LogP contribution in [0.25, 0.3) is 0 Å². The second-order valence-electron chi connectivity index (χ2n) is 6.24. The quantitative estimate of drug-likeness (QED) is 0.719. The zero-order chi connectivity index (χ0) is 19.5. The van der Waals surface area contributed by atoms with Crippen LogP contribution in [0.1, 0.15) is 5.56 Å². The van der Waals surface area contributed by atoms with E-state index in [9.17, 15) is 9.18 Å². The van der Waals surface area contributed by atoms with Crippen LogP contribution in [0, 0.1) is 5.82 Å². The van der Waals surface area contributed by atoms with Gasteiger partial charge in [0.25, 0.3) is 0 Å². The third-order valence-corrected chi connectivity index (χ3v) is 4.47. The zero-order valence-corrected chi connectivity index (χ0v) is 15.2. The molecule has 142 valence electrons. The summed E-state index contributed by atoms with van der Waals surface area (Å²) in [6.07, 6.45) is 2.26. The number of nitrogens with zero attached hydrogens (tertiary/aromatic N) is 2. The summed E-state index contributed by atoms with van der Waals surface area (Å²) < 4.78 is 24.5. The lowest BCUT2D eigenvalue weighted by Gasteiger charge is -2.19. The summed E-state index contributed by atoms with van der Waals surface area (Å²) >= 11 is 0. The molecule has 1 aromatic heterocycles. The molecular weight excluding hydrogens is 361 g/mol. The molecule has 0 bridgehead atoms. The molecule has 0 saturated carbocycles. The Morgan fingerprint density at radius 2 is 1.93 bits per heavy atom. The number of hydrogen-bond acceptors (Lipinski definition) is 4. The fourth-order valence-corrected chi connectivity index (χ4v) is 3.07. The van der Waals surface area contributed by atoms with Crippen molar-refractivity contribution < 1.29 is 18.7 Å². The second-order valence-corrected chi connectivity index (χ2v) is 6.24. The van der Waals surface area contributed by atoms with Crippen molar-refractivity contribution in [1.29, 1.82) is 0 Å². The molecule has 0 radical (unpaired) electrons. The number of urea groups is 1. The first-order chi connectivity index (χ1) is 13.6. The Bertz CT molecular complexity index is 1010. The van der Waals surface area contributed by atoms with Crippen LogP contribution in [0.4, 0.5) is 20.6 Å². The third kappa shape index (κ3) is 3.59. The van der Waals surface area contributed by atoms with Crippen molar-refractivity contribution in [2.24, 2.45) is 0 Å². The molecule has 1 aliphatic rings. The summed E-state index contributed by atoms with van der Waals surface area (Å²) in [7, 11) is 1.59. The van der Waals surface area contributed by atoms with Gasteiger partial charge >= 0.3 is 6.03 Å². The summed E-state index contributed by atoms with van der Waals surface area (Å²) in [5.41, 5.74) is 1.95. The average Bonchev–Trinajstić information content (AvgIpc) is 3.13. The SMILES string of the molecule is COc1ccc(Oc2ncccc2NC(=O)N2CCc3ccc(F)cc32)cc1. The third-order valence-electron chi connectivity index (χ3n) is 4.47. The lowest BCUT2D eigenvalue weighted by molar-refractivity contribution is 0.257. The fourth-order valence-electron chi connectivity index (χ4n) is 3.07. The highest BCUT2D eigenvalue weighted by atomic mass is 19.1. The molecule has 2 amide bonds. The van der Waals surface area contributed by atoms with Crippen molar-refractivity contribution in [3.8, 4) is 17.4 Å². The van der Waals surface area contributed by atoms with Crippen LogP contribution in [0.2, 0.25) is 0 Å². The van der Waals surface area contributed by atoms with Crippen molar-refractivity contribution in [3.05, 3.63) is 72.2 Å². The zero-order valence-electron chi connectivity index (χ0n) is 15.2. The number of nitrogens with one attached hydrogen (secondary N) is 1.